The molecule has 636 valence electrons. The Morgan fingerprint density at radius 2 is 0.787 bits per heavy atom. The van der Waals surface area contributed by atoms with Crippen molar-refractivity contribution in [3.63, 3.8) is 0 Å². The number of carboxylic acids is 2. The van der Waals surface area contributed by atoms with Gasteiger partial charge in [-0.05, 0) is 144 Å². The average molecular weight is 1730 g/mol. The molecule has 3 aromatic carbocycles. The third-order valence-corrected chi connectivity index (χ3v) is 22.6. The number of nitrogens with one attached hydrogen (secondary N) is 1. The number of ether oxygens (including phenoxy) is 3. The number of fused-ring (bicyclic) bond motifs is 3. The summed E-state index contributed by atoms with van der Waals surface area (Å²) in [5.74, 6) is -3.03. The Morgan fingerprint density at radius 1 is 0.484 bits per heavy atom. The van der Waals surface area contributed by atoms with Crippen molar-refractivity contribution in [3.8, 4) is 50.6 Å². The molecule has 35 heteroatoms. The van der Waals surface area contributed by atoms with Crippen LogP contribution in [0.5, 0.6) is 17.2 Å². The molecule has 11 heterocycles. The topological polar surface area (TPSA) is 396 Å². The first kappa shape index (κ1) is 87.3. The number of aryl methyl sites for hydroxylation is 3. The van der Waals surface area contributed by atoms with Gasteiger partial charge in [0.1, 0.15) is 97.9 Å². The quantitative estimate of drug-likeness (QED) is 0.0367. The number of aliphatic carboxylic acids is 2. The summed E-state index contributed by atoms with van der Waals surface area (Å²) in [6.07, 6.45) is 16.5. The maximum absolute atomic E-state index is 15.8. The Labute approximate surface area is 714 Å². The summed E-state index contributed by atoms with van der Waals surface area (Å²) in [5.41, 5.74) is 25.2. The van der Waals surface area contributed by atoms with Crippen LogP contribution < -0.4 is 36.7 Å². The first-order chi connectivity index (χ1) is 57.9. The molecule has 0 radical (unpaired) electrons. The van der Waals surface area contributed by atoms with Crippen LogP contribution in [-0.4, -0.2) is 163 Å². The molecular formula is C87H90Cl3F3N18O11. The van der Waals surface area contributed by atoms with E-state index < -0.39 is 76.6 Å². The number of nitrogen functional groups attached to an aromatic ring is 3. The highest BCUT2D eigenvalue weighted by atomic mass is 35.5. The van der Waals surface area contributed by atoms with Gasteiger partial charge in [-0.25, -0.2) is 52.7 Å². The van der Waals surface area contributed by atoms with E-state index in [0.29, 0.717) is 159 Å². The van der Waals surface area contributed by atoms with Gasteiger partial charge in [0.2, 0.25) is 0 Å². The van der Waals surface area contributed by atoms with Gasteiger partial charge in [0, 0.05) is 120 Å². The number of pyridine rings is 3. The van der Waals surface area contributed by atoms with Crippen molar-refractivity contribution in [1.82, 2.24) is 73.2 Å². The van der Waals surface area contributed by atoms with E-state index in [2.05, 4.69) is 35.2 Å². The second-order valence-corrected chi connectivity index (χ2v) is 32.4. The van der Waals surface area contributed by atoms with E-state index in [1.807, 2.05) is 96.3 Å². The molecule has 12 aromatic rings. The summed E-state index contributed by atoms with van der Waals surface area (Å²) in [7, 11) is 0. The molecule has 2 aliphatic heterocycles. The van der Waals surface area contributed by atoms with Crippen LogP contribution in [0.2, 0.25) is 15.1 Å². The normalized spacial score (nSPS) is 15.6. The number of benzene rings is 3. The molecule has 3 fully saturated rings. The smallest absolute Gasteiger partial charge is 0.326 e. The number of aromatic nitrogens is 12. The molecule has 0 unspecified atom stereocenters. The fourth-order valence-corrected chi connectivity index (χ4v) is 16.3. The number of halogens is 6. The zero-order chi connectivity index (χ0) is 88.1. The van der Waals surface area contributed by atoms with Crippen molar-refractivity contribution in [2.45, 2.75) is 182 Å². The number of rotatable bonds is 22. The summed E-state index contributed by atoms with van der Waals surface area (Å²) < 4.78 is 71.5. The molecule has 0 bridgehead atoms. The summed E-state index contributed by atoms with van der Waals surface area (Å²) in [4.78, 5) is 116. The standard InChI is InChI=1S/2C29H30ClFN6O4.C29H30ClFN6O3/c2*1-14(2)41-25-18(15(3)27-35-16(4)24-26(32)33-9-11-37(24)27)12-19(30)23(31)22(25)17-7-8-20(34-13-17)28(38)36-10-5-6-21(36)29(39)40;1-14(2)40-25-19(15(3)27-35-16(4)24-26(32)33-10-11-37(24)27)12-20(30)23(31)22(25)18-6-7-21(34-13-18)28(39)36-29(8-9-29)17(5)38/h2*7-9,11-15,21H,5-6,10H2,1-4H3,(H2,32,33)(H,39,40);6-7,10-15H,8-9H2,1-5H3,(H2,32,33)(H,36,39)/t15-,21+;15-,21-;15-/m000/s1. The number of anilines is 3. The van der Waals surface area contributed by atoms with E-state index in [9.17, 15) is 39.0 Å². The minimum atomic E-state index is -1.05. The molecule has 9 aromatic heterocycles. The number of carbonyl (C=O) groups is 6. The molecule has 122 heavy (non-hydrogen) atoms. The van der Waals surface area contributed by atoms with Crippen molar-refractivity contribution in [2.24, 2.45) is 0 Å². The average Bonchev–Trinajstić information content (AvgIpc) is 1.73. The Bertz CT molecular complexity index is 5880. The van der Waals surface area contributed by atoms with E-state index in [1.165, 1.54) is 65.6 Å². The van der Waals surface area contributed by atoms with Crippen LogP contribution in [0.3, 0.4) is 0 Å². The Morgan fingerprint density at radius 3 is 1.05 bits per heavy atom. The summed E-state index contributed by atoms with van der Waals surface area (Å²) in [6, 6.07) is 12.0. The Hall–Kier alpha value is -12.6. The van der Waals surface area contributed by atoms with Gasteiger partial charge < -0.3 is 56.7 Å². The molecular weight excluding hydrogens is 1640 g/mol. The van der Waals surface area contributed by atoms with E-state index in [-0.39, 0.29) is 90.4 Å². The second-order valence-electron chi connectivity index (χ2n) is 31.2. The number of ketones is 1. The highest BCUT2D eigenvalue weighted by molar-refractivity contribution is 6.32. The zero-order valence-corrected chi connectivity index (χ0v) is 71.3. The van der Waals surface area contributed by atoms with Gasteiger partial charge in [-0.3, -0.25) is 47.3 Å². The predicted octanol–water partition coefficient (Wildman–Crippen LogP) is 15.5. The van der Waals surface area contributed by atoms with Crippen LogP contribution >= 0.6 is 34.8 Å². The minimum absolute atomic E-state index is 0.0646. The monoisotopic (exact) mass is 1720 g/mol. The van der Waals surface area contributed by atoms with Crippen LogP contribution in [0, 0.1) is 38.2 Å². The third-order valence-electron chi connectivity index (χ3n) is 21.8. The maximum atomic E-state index is 15.8. The highest BCUT2D eigenvalue weighted by Gasteiger charge is 2.49. The molecule has 15 rings (SSSR count). The van der Waals surface area contributed by atoms with Crippen LogP contribution in [0.1, 0.15) is 208 Å². The van der Waals surface area contributed by atoms with E-state index in [0.717, 1.165) is 0 Å². The third kappa shape index (κ3) is 17.0. The zero-order valence-electron chi connectivity index (χ0n) is 69.0. The second kappa shape index (κ2) is 35.3. The number of nitrogens with two attached hydrogens (primary N) is 3. The summed E-state index contributed by atoms with van der Waals surface area (Å²) >= 11 is 19.3. The number of Topliss-reactive ketones (excluding diaryl/α,β-unsaturated/α-hetero) is 1. The molecule has 3 aliphatic rings. The molecule has 1 saturated carbocycles. The van der Waals surface area contributed by atoms with Gasteiger partial charge in [0.25, 0.3) is 17.7 Å². The summed E-state index contributed by atoms with van der Waals surface area (Å²) in [6.45, 7) is 24.5. The number of carboxylic acid groups (broad SMARTS) is 2. The number of hydrogen-bond acceptors (Lipinski definition) is 21. The lowest BCUT2D eigenvalue weighted by Crippen LogP contribution is -2.42. The lowest BCUT2D eigenvalue weighted by molar-refractivity contribution is -0.142. The van der Waals surface area contributed by atoms with E-state index in [4.69, 9.17) is 81.2 Å². The number of likely N-dealkylation sites (tertiary alicyclic amines) is 2. The van der Waals surface area contributed by atoms with Gasteiger partial charge >= 0.3 is 11.9 Å². The molecule has 5 atom stereocenters. The molecule has 9 N–H and O–H groups in total. The SMILES string of the molecule is CC(=O)C1(NC(=O)c2ccc(-c3c(F)c(Cl)cc([C@H](C)c4nc(C)c5c(N)nccn45)c3OC(C)C)cn2)CC1.Cc1nc([C@@H](C)c2cc(Cl)c(F)c(-c3ccc(C(=O)N4CCC[C@@H]4C(=O)O)nc3)c2OC(C)C)n2ccnc(N)c12.Cc1nc([C@@H](C)c2cc(Cl)c(F)c(-c3ccc(C(=O)N4CCC[C@H]4C(=O)O)nc3)c2OC(C)C)n2ccnc(N)c12. The molecule has 0 spiro atoms. The summed E-state index contributed by atoms with van der Waals surface area (Å²) in [5, 5.41) is 21.4. The Balaban J connectivity index is 0.000000158. The van der Waals surface area contributed by atoms with Crippen LogP contribution in [0.25, 0.3) is 49.9 Å². The van der Waals surface area contributed by atoms with Gasteiger partial charge in [-0.1, -0.05) is 73.8 Å². The molecule has 29 nitrogen and oxygen atoms in total. The molecule has 3 amide bonds. The Kier molecular flexibility index (Phi) is 25.2. The van der Waals surface area contributed by atoms with Gasteiger partial charge in [0.05, 0.1) is 72.7 Å². The van der Waals surface area contributed by atoms with Crippen molar-refractivity contribution >= 4 is 104 Å². The number of carbonyl (C=O) groups excluding carboxylic acids is 4. The van der Waals surface area contributed by atoms with Crippen molar-refractivity contribution in [2.75, 3.05) is 30.3 Å². The highest BCUT2D eigenvalue weighted by Crippen LogP contribution is 2.49. The predicted molar refractivity (Wildman–Crippen MR) is 454 cm³/mol. The first-order valence-electron chi connectivity index (χ1n) is 39.5. The molecule has 1 aliphatic carbocycles. The van der Waals surface area contributed by atoms with Gasteiger partial charge in [-0.15, -0.1) is 0 Å². The number of amides is 3. The first-order valence-corrected chi connectivity index (χ1v) is 40.7. The fraction of sp³-hybridized carbons (Fsp3) is 0.345. The molecule has 2 saturated heterocycles. The van der Waals surface area contributed by atoms with Crippen molar-refractivity contribution < 1.29 is 66.4 Å². The van der Waals surface area contributed by atoms with Gasteiger partial charge in [0.15, 0.2) is 23.2 Å². The van der Waals surface area contributed by atoms with Crippen LogP contribution in [0.4, 0.5) is 30.6 Å². The van der Waals surface area contributed by atoms with E-state index >= 15 is 13.2 Å². The number of nitrogens with zero attached hydrogens (tertiary/aromatic N) is 14. The fourth-order valence-electron chi connectivity index (χ4n) is 15.7. The number of imidazole rings is 3. The largest absolute Gasteiger partial charge is 0.490 e. The van der Waals surface area contributed by atoms with Gasteiger partial charge in [-0.2, -0.15) is 0 Å². The lowest BCUT2D eigenvalue weighted by atomic mass is 9.93. The van der Waals surface area contributed by atoms with Crippen LogP contribution in [-0.2, 0) is 14.4 Å². The van der Waals surface area contributed by atoms with Crippen LogP contribution in [0.15, 0.2) is 110 Å². The maximum Gasteiger partial charge on any atom is 0.326 e. The van der Waals surface area contributed by atoms with E-state index in [1.54, 1.807) is 61.4 Å². The lowest BCUT2D eigenvalue weighted by Gasteiger charge is -2.23. The van der Waals surface area contributed by atoms with Crippen molar-refractivity contribution in [3.05, 3.63) is 211 Å². The minimum Gasteiger partial charge on any atom is -0.490 e. The number of hydrogen-bond donors (Lipinski definition) is 6. The van der Waals surface area contributed by atoms with Crippen molar-refractivity contribution in [1.29, 1.82) is 0 Å².